The first kappa shape index (κ1) is 17.2. The highest BCUT2D eigenvalue weighted by atomic mass is 32.2. The highest BCUT2D eigenvalue weighted by Gasteiger charge is 2.33. The van der Waals surface area contributed by atoms with Crippen molar-refractivity contribution in [2.75, 3.05) is 6.54 Å². The molecule has 134 valence electrons. The number of furan rings is 1. The second kappa shape index (κ2) is 6.37. The van der Waals surface area contributed by atoms with E-state index in [0.29, 0.717) is 6.42 Å². The van der Waals surface area contributed by atoms with E-state index in [1.807, 2.05) is 5.10 Å². The molecule has 0 fully saturated rings. The zero-order valence-electron chi connectivity index (χ0n) is 12.5. The molecule has 0 saturated heterocycles. The van der Waals surface area contributed by atoms with Gasteiger partial charge in [0.15, 0.2) is 5.76 Å². The van der Waals surface area contributed by atoms with Gasteiger partial charge in [0, 0.05) is 24.9 Å². The number of sulfonamides is 1. The van der Waals surface area contributed by atoms with Crippen LogP contribution in [0.25, 0.3) is 11.5 Å². The maximum atomic E-state index is 12.6. The van der Waals surface area contributed by atoms with Gasteiger partial charge < -0.3 is 9.40 Å². The molecular formula is C13H12F3N5O3S. The number of H-pyrrole nitrogens is 2. The lowest BCUT2D eigenvalue weighted by molar-refractivity contribution is -0.141. The van der Waals surface area contributed by atoms with Crippen molar-refractivity contribution in [1.82, 2.24) is 24.9 Å². The standard InChI is InChI=1S/C13H12F3N5O3S/c14-13(15,16)11-5-9(20-21-11)10-1-2-12(24-10)25(22,23)19-4-3-8-6-17-7-18-8/h1-2,5-7,19H,3-4H2,(H,17,18)(H,20,21). The van der Waals surface area contributed by atoms with Gasteiger partial charge in [-0.3, -0.25) is 5.10 Å². The quantitative estimate of drug-likeness (QED) is 0.609. The zero-order chi connectivity index (χ0) is 18.1. The molecule has 0 radical (unpaired) electrons. The monoisotopic (exact) mass is 375 g/mol. The minimum absolute atomic E-state index is 0.0966. The van der Waals surface area contributed by atoms with Gasteiger partial charge in [0.25, 0.3) is 10.0 Å². The molecule has 3 aromatic rings. The van der Waals surface area contributed by atoms with E-state index in [4.69, 9.17) is 4.42 Å². The molecule has 0 aliphatic rings. The lowest BCUT2D eigenvalue weighted by Crippen LogP contribution is -2.25. The Morgan fingerprint density at radius 1 is 1.28 bits per heavy atom. The first-order chi connectivity index (χ1) is 11.8. The van der Waals surface area contributed by atoms with E-state index >= 15 is 0 Å². The summed E-state index contributed by atoms with van der Waals surface area (Å²) in [7, 11) is -3.93. The summed E-state index contributed by atoms with van der Waals surface area (Å²) in [5.74, 6) is -0.0966. The lowest BCUT2D eigenvalue weighted by atomic mass is 10.3. The predicted molar refractivity (Wildman–Crippen MR) is 78.8 cm³/mol. The molecule has 8 nitrogen and oxygen atoms in total. The molecule has 0 bridgehead atoms. The van der Waals surface area contributed by atoms with Crippen LogP contribution in [0.4, 0.5) is 13.2 Å². The fourth-order valence-electron chi connectivity index (χ4n) is 2.01. The van der Waals surface area contributed by atoms with E-state index in [1.165, 1.54) is 12.4 Å². The van der Waals surface area contributed by atoms with Gasteiger partial charge >= 0.3 is 6.18 Å². The average molecular weight is 375 g/mol. The molecule has 3 heterocycles. The normalized spacial score (nSPS) is 12.6. The number of aromatic amines is 2. The van der Waals surface area contributed by atoms with Crippen LogP contribution in [-0.2, 0) is 22.6 Å². The first-order valence-electron chi connectivity index (χ1n) is 6.95. The average Bonchev–Trinajstić information content (AvgIpc) is 3.27. The topological polar surface area (TPSA) is 117 Å². The molecule has 0 unspecified atom stereocenters. The fraction of sp³-hybridized carbons (Fsp3) is 0.231. The largest absolute Gasteiger partial charge is 0.442 e. The molecule has 0 saturated carbocycles. The van der Waals surface area contributed by atoms with Gasteiger partial charge in [0.05, 0.1) is 6.33 Å². The summed E-state index contributed by atoms with van der Waals surface area (Å²) in [6, 6.07) is 3.12. The molecule has 0 amide bonds. The van der Waals surface area contributed by atoms with Crippen molar-refractivity contribution in [2.24, 2.45) is 0 Å². The number of nitrogens with one attached hydrogen (secondary N) is 3. The Kier molecular flexibility index (Phi) is 4.39. The Bertz CT molecular complexity index is 944. The summed E-state index contributed by atoms with van der Waals surface area (Å²) < 4.78 is 69.4. The van der Waals surface area contributed by atoms with Crippen molar-refractivity contribution >= 4 is 10.0 Å². The maximum absolute atomic E-state index is 12.6. The summed E-state index contributed by atoms with van der Waals surface area (Å²) in [5, 5.41) is 4.90. The Hall–Kier alpha value is -2.60. The fourth-order valence-corrected chi connectivity index (χ4v) is 2.97. The molecule has 0 atom stereocenters. The van der Waals surface area contributed by atoms with Crippen LogP contribution in [0.5, 0.6) is 0 Å². The summed E-state index contributed by atoms with van der Waals surface area (Å²) >= 11 is 0. The maximum Gasteiger partial charge on any atom is 0.432 e. The van der Waals surface area contributed by atoms with Gasteiger partial charge in [-0.1, -0.05) is 0 Å². The molecule has 0 aromatic carbocycles. The van der Waals surface area contributed by atoms with E-state index in [2.05, 4.69) is 19.8 Å². The van der Waals surface area contributed by atoms with Gasteiger partial charge in [-0.2, -0.15) is 18.3 Å². The van der Waals surface area contributed by atoms with Crippen LogP contribution >= 0.6 is 0 Å². The Labute approximate surface area is 139 Å². The lowest BCUT2D eigenvalue weighted by Gasteiger charge is -2.03. The molecule has 0 spiro atoms. The highest BCUT2D eigenvalue weighted by molar-refractivity contribution is 7.89. The molecule has 0 aliphatic carbocycles. The number of hydrogen-bond donors (Lipinski definition) is 3. The van der Waals surface area contributed by atoms with E-state index < -0.39 is 27.0 Å². The molecule has 3 N–H and O–H groups in total. The van der Waals surface area contributed by atoms with Crippen LogP contribution in [0.15, 0.2) is 40.2 Å². The first-order valence-corrected chi connectivity index (χ1v) is 8.44. The summed E-state index contributed by atoms with van der Waals surface area (Å²) in [6.45, 7) is 0.0984. The van der Waals surface area contributed by atoms with E-state index in [0.717, 1.165) is 17.8 Å². The van der Waals surface area contributed by atoms with Crippen molar-refractivity contribution in [1.29, 1.82) is 0 Å². The molecule has 3 rings (SSSR count). The van der Waals surface area contributed by atoms with Crippen molar-refractivity contribution < 1.29 is 26.0 Å². The molecule has 25 heavy (non-hydrogen) atoms. The van der Waals surface area contributed by atoms with E-state index in [-0.39, 0.29) is 18.0 Å². The van der Waals surface area contributed by atoms with Gasteiger partial charge in [-0.05, 0) is 18.2 Å². The van der Waals surface area contributed by atoms with E-state index in [1.54, 1.807) is 6.20 Å². The third-order valence-electron chi connectivity index (χ3n) is 3.22. The highest BCUT2D eigenvalue weighted by Crippen LogP contribution is 2.31. The van der Waals surface area contributed by atoms with Gasteiger partial charge in [-0.15, -0.1) is 0 Å². The number of imidazole rings is 1. The second-order valence-electron chi connectivity index (χ2n) is 5.01. The SMILES string of the molecule is O=S(=O)(NCCc1cnc[nH]1)c1ccc(-c2cc(C(F)(F)F)[nH]n2)o1. The predicted octanol–water partition coefficient (Wildman–Crippen LogP) is 1.93. The number of alkyl halides is 3. The number of hydrogen-bond acceptors (Lipinski definition) is 5. The van der Waals surface area contributed by atoms with Crippen LogP contribution in [0, 0.1) is 0 Å². The van der Waals surface area contributed by atoms with Crippen LogP contribution in [0.1, 0.15) is 11.4 Å². The number of halogens is 3. The van der Waals surface area contributed by atoms with Crippen LogP contribution in [-0.4, -0.2) is 35.1 Å². The summed E-state index contributed by atoms with van der Waals surface area (Å²) in [4.78, 5) is 6.64. The van der Waals surface area contributed by atoms with Crippen LogP contribution < -0.4 is 4.72 Å². The Morgan fingerprint density at radius 2 is 2.08 bits per heavy atom. The van der Waals surface area contributed by atoms with Crippen LogP contribution in [0.2, 0.25) is 0 Å². The molecular weight excluding hydrogens is 363 g/mol. The smallest absolute Gasteiger partial charge is 0.432 e. The minimum atomic E-state index is -4.58. The van der Waals surface area contributed by atoms with Crippen molar-refractivity contribution in [2.45, 2.75) is 17.7 Å². The van der Waals surface area contributed by atoms with Crippen molar-refractivity contribution in [3.63, 3.8) is 0 Å². The number of rotatable bonds is 6. The Balaban J connectivity index is 1.70. The third-order valence-corrected chi connectivity index (χ3v) is 4.56. The summed E-state index contributed by atoms with van der Waals surface area (Å²) in [5.41, 5.74) is -0.453. The zero-order valence-corrected chi connectivity index (χ0v) is 13.3. The van der Waals surface area contributed by atoms with Gasteiger partial charge in [-0.25, -0.2) is 18.1 Å². The molecule has 0 aliphatic heterocycles. The Morgan fingerprint density at radius 3 is 2.72 bits per heavy atom. The number of aromatic nitrogens is 4. The van der Waals surface area contributed by atoms with Crippen molar-refractivity contribution in [3.8, 4) is 11.5 Å². The minimum Gasteiger partial charge on any atom is -0.442 e. The van der Waals surface area contributed by atoms with Crippen molar-refractivity contribution in [3.05, 3.63) is 42.1 Å². The van der Waals surface area contributed by atoms with Crippen LogP contribution in [0.3, 0.4) is 0 Å². The summed E-state index contributed by atoms with van der Waals surface area (Å²) in [6.07, 6.45) is -1.15. The van der Waals surface area contributed by atoms with E-state index in [9.17, 15) is 21.6 Å². The molecule has 12 heteroatoms. The molecule has 3 aromatic heterocycles. The second-order valence-corrected chi connectivity index (χ2v) is 6.71. The third kappa shape index (κ3) is 3.91. The number of nitrogens with zero attached hydrogens (tertiary/aromatic N) is 2. The van der Waals surface area contributed by atoms with Gasteiger partial charge in [0.2, 0.25) is 5.09 Å². The van der Waals surface area contributed by atoms with Gasteiger partial charge in [0.1, 0.15) is 11.4 Å².